The Morgan fingerprint density at radius 3 is 2.76 bits per heavy atom. The van der Waals surface area contributed by atoms with Gasteiger partial charge in [-0.3, -0.25) is 4.79 Å². The molecule has 0 saturated heterocycles. The summed E-state index contributed by atoms with van der Waals surface area (Å²) in [6.45, 7) is 1.93. The quantitative estimate of drug-likeness (QED) is 0.701. The van der Waals surface area contributed by atoms with E-state index < -0.39 is 11.7 Å². The SMILES string of the molecule is CSCC(C)Nc1cc(C(N)=O)c(N)cc1F. The van der Waals surface area contributed by atoms with Gasteiger partial charge in [0.25, 0.3) is 5.91 Å². The number of anilines is 2. The van der Waals surface area contributed by atoms with Crippen LogP contribution in [0.25, 0.3) is 0 Å². The van der Waals surface area contributed by atoms with Gasteiger partial charge >= 0.3 is 0 Å². The molecule has 0 spiro atoms. The molecule has 6 heteroatoms. The van der Waals surface area contributed by atoms with Crippen LogP contribution >= 0.6 is 11.8 Å². The summed E-state index contributed by atoms with van der Waals surface area (Å²) in [7, 11) is 0. The van der Waals surface area contributed by atoms with Crippen LogP contribution in [0.3, 0.4) is 0 Å². The molecule has 1 unspecified atom stereocenters. The number of carbonyl (C=O) groups is 1. The molecule has 17 heavy (non-hydrogen) atoms. The van der Waals surface area contributed by atoms with E-state index in [1.807, 2.05) is 13.2 Å². The van der Waals surface area contributed by atoms with E-state index in [1.54, 1.807) is 11.8 Å². The zero-order chi connectivity index (χ0) is 13.0. The van der Waals surface area contributed by atoms with Gasteiger partial charge in [-0.15, -0.1) is 0 Å². The molecule has 4 nitrogen and oxygen atoms in total. The third-order valence-electron chi connectivity index (χ3n) is 2.22. The van der Waals surface area contributed by atoms with Crippen molar-refractivity contribution in [3.63, 3.8) is 0 Å². The van der Waals surface area contributed by atoms with Crippen molar-refractivity contribution < 1.29 is 9.18 Å². The maximum atomic E-state index is 13.6. The summed E-state index contributed by atoms with van der Waals surface area (Å²) in [6, 6.07) is 2.54. The van der Waals surface area contributed by atoms with Crippen molar-refractivity contribution in [1.29, 1.82) is 0 Å². The molecule has 1 amide bonds. The van der Waals surface area contributed by atoms with Gasteiger partial charge < -0.3 is 16.8 Å². The van der Waals surface area contributed by atoms with Crippen molar-refractivity contribution >= 4 is 29.0 Å². The number of benzene rings is 1. The lowest BCUT2D eigenvalue weighted by Gasteiger charge is -2.16. The van der Waals surface area contributed by atoms with E-state index in [0.717, 1.165) is 11.8 Å². The van der Waals surface area contributed by atoms with Crippen LogP contribution in [0.5, 0.6) is 0 Å². The van der Waals surface area contributed by atoms with E-state index in [1.165, 1.54) is 6.07 Å². The first-order chi connectivity index (χ1) is 7.95. The Bertz CT molecular complexity index is 425. The predicted molar refractivity (Wildman–Crippen MR) is 70.8 cm³/mol. The molecule has 0 aromatic heterocycles. The second-order valence-electron chi connectivity index (χ2n) is 3.78. The first kappa shape index (κ1) is 13.6. The Morgan fingerprint density at radius 2 is 2.24 bits per heavy atom. The molecule has 0 heterocycles. The van der Waals surface area contributed by atoms with Crippen LogP contribution < -0.4 is 16.8 Å². The smallest absolute Gasteiger partial charge is 0.250 e. The van der Waals surface area contributed by atoms with Crippen LogP contribution in [0.15, 0.2) is 12.1 Å². The van der Waals surface area contributed by atoms with Crippen molar-refractivity contribution in [3.05, 3.63) is 23.5 Å². The van der Waals surface area contributed by atoms with Crippen LogP contribution in [0.4, 0.5) is 15.8 Å². The fraction of sp³-hybridized carbons (Fsp3) is 0.364. The molecule has 1 rings (SSSR count). The molecule has 0 saturated carbocycles. The molecular formula is C11H16FN3OS. The number of nitrogen functional groups attached to an aromatic ring is 1. The Balaban J connectivity index is 2.99. The number of thioether (sulfide) groups is 1. The second kappa shape index (κ2) is 5.77. The number of amides is 1. The van der Waals surface area contributed by atoms with Gasteiger partial charge in [0, 0.05) is 17.5 Å². The third kappa shape index (κ3) is 3.52. The number of hydrogen-bond donors (Lipinski definition) is 3. The highest BCUT2D eigenvalue weighted by Gasteiger charge is 2.13. The maximum Gasteiger partial charge on any atom is 0.250 e. The molecule has 0 aliphatic rings. The van der Waals surface area contributed by atoms with Gasteiger partial charge in [-0.2, -0.15) is 11.8 Å². The summed E-state index contributed by atoms with van der Waals surface area (Å²) in [5.74, 6) is -0.320. The molecule has 0 aliphatic heterocycles. The summed E-state index contributed by atoms with van der Waals surface area (Å²) < 4.78 is 13.6. The minimum atomic E-state index is -0.664. The lowest BCUT2D eigenvalue weighted by Crippen LogP contribution is -2.20. The highest BCUT2D eigenvalue weighted by molar-refractivity contribution is 7.98. The molecule has 5 N–H and O–H groups in total. The van der Waals surface area contributed by atoms with Gasteiger partial charge in [-0.25, -0.2) is 4.39 Å². The topological polar surface area (TPSA) is 81.1 Å². The molecule has 0 aliphatic carbocycles. The van der Waals surface area contributed by atoms with E-state index in [4.69, 9.17) is 11.5 Å². The summed E-state index contributed by atoms with van der Waals surface area (Å²) in [6.07, 6.45) is 1.96. The predicted octanol–water partition coefficient (Wildman–Crippen LogP) is 1.67. The molecule has 0 bridgehead atoms. The number of nitrogens with two attached hydrogens (primary N) is 2. The lowest BCUT2D eigenvalue weighted by molar-refractivity contribution is 0.100. The molecular weight excluding hydrogens is 241 g/mol. The number of rotatable bonds is 5. The highest BCUT2D eigenvalue weighted by Crippen LogP contribution is 2.22. The van der Waals surface area contributed by atoms with Crippen LogP contribution in [0.2, 0.25) is 0 Å². The normalized spacial score (nSPS) is 12.2. The number of halogens is 1. The van der Waals surface area contributed by atoms with Crippen LogP contribution in [0.1, 0.15) is 17.3 Å². The average Bonchev–Trinajstić information content (AvgIpc) is 2.21. The molecule has 1 aromatic rings. The third-order valence-corrected chi connectivity index (χ3v) is 3.06. The molecule has 0 fully saturated rings. The summed E-state index contributed by atoms with van der Waals surface area (Å²) in [5, 5.41) is 2.97. The van der Waals surface area contributed by atoms with E-state index in [0.29, 0.717) is 0 Å². The summed E-state index contributed by atoms with van der Waals surface area (Å²) in [4.78, 5) is 11.1. The lowest BCUT2D eigenvalue weighted by atomic mass is 10.1. The number of nitrogens with one attached hydrogen (secondary N) is 1. The first-order valence-electron chi connectivity index (χ1n) is 5.10. The van der Waals surface area contributed by atoms with Crippen molar-refractivity contribution in [2.45, 2.75) is 13.0 Å². The van der Waals surface area contributed by atoms with E-state index in [2.05, 4.69) is 5.32 Å². The zero-order valence-corrected chi connectivity index (χ0v) is 10.6. The van der Waals surface area contributed by atoms with Crippen LogP contribution in [0, 0.1) is 5.82 Å². The van der Waals surface area contributed by atoms with E-state index >= 15 is 0 Å². The average molecular weight is 257 g/mol. The van der Waals surface area contributed by atoms with Gasteiger partial charge in [0.15, 0.2) is 0 Å². The zero-order valence-electron chi connectivity index (χ0n) is 9.79. The highest BCUT2D eigenvalue weighted by atomic mass is 32.2. The first-order valence-corrected chi connectivity index (χ1v) is 6.49. The standard InChI is InChI=1S/C11H16FN3OS/c1-6(5-17-2)15-10-3-7(11(14)16)9(13)4-8(10)12/h3-4,6,15H,5,13H2,1-2H3,(H2,14,16). The fourth-order valence-electron chi connectivity index (χ4n) is 1.47. The number of carbonyl (C=O) groups excluding carboxylic acids is 1. The Morgan fingerprint density at radius 1 is 1.59 bits per heavy atom. The Labute approximate surface area is 104 Å². The minimum absolute atomic E-state index is 0.0538. The van der Waals surface area contributed by atoms with Crippen LogP contribution in [-0.2, 0) is 0 Å². The van der Waals surface area contributed by atoms with Crippen molar-refractivity contribution in [2.75, 3.05) is 23.1 Å². The number of hydrogen-bond acceptors (Lipinski definition) is 4. The molecule has 94 valence electrons. The van der Waals surface area contributed by atoms with Gasteiger partial charge in [0.05, 0.1) is 11.3 Å². The van der Waals surface area contributed by atoms with Crippen molar-refractivity contribution in [3.8, 4) is 0 Å². The second-order valence-corrected chi connectivity index (χ2v) is 4.69. The largest absolute Gasteiger partial charge is 0.398 e. The minimum Gasteiger partial charge on any atom is -0.398 e. The van der Waals surface area contributed by atoms with E-state index in [9.17, 15) is 9.18 Å². The van der Waals surface area contributed by atoms with E-state index in [-0.39, 0.29) is 23.0 Å². The van der Waals surface area contributed by atoms with Gasteiger partial charge in [0.1, 0.15) is 5.82 Å². The van der Waals surface area contributed by atoms with Crippen molar-refractivity contribution in [1.82, 2.24) is 0 Å². The maximum absolute atomic E-state index is 13.6. The molecule has 1 atom stereocenters. The number of primary amides is 1. The van der Waals surface area contributed by atoms with Gasteiger partial charge in [0.2, 0.25) is 0 Å². The molecule has 1 aromatic carbocycles. The summed E-state index contributed by atoms with van der Waals surface area (Å²) in [5.41, 5.74) is 11.1. The summed E-state index contributed by atoms with van der Waals surface area (Å²) >= 11 is 1.65. The fourth-order valence-corrected chi connectivity index (χ4v) is 2.05. The Kier molecular flexibility index (Phi) is 4.62. The van der Waals surface area contributed by atoms with Gasteiger partial charge in [-0.1, -0.05) is 0 Å². The monoisotopic (exact) mass is 257 g/mol. The molecule has 0 radical (unpaired) electrons. The van der Waals surface area contributed by atoms with Crippen molar-refractivity contribution in [2.24, 2.45) is 5.73 Å². The van der Waals surface area contributed by atoms with Gasteiger partial charge in [-0.05, 0) is 25.3 Å². The Hall–Kier alpha value is -1.43. The van der Waals surface area contributed by atoms with Crippen LogP contribution in [-0.4, -0.2) is 24.0 Å².